The van der Waals surface area contributed by atoms with Gasteiger partial charge < -0.3 is 4.98 Å². The molecule has 7 nitrogen and oxygen atoms in total. The molecule has 0 atom stereocenters. The van der Waals surface area contributed by atoms with E-state index in [1.165, 1.54) is 17.0 Å². The lowest BCUT2D eigenvalue weighted by Crippen LogP contribution is -2.22. The van der Waals surface area contributed by atoms with Crippen molar-refractivity contribution in [2.45, 2.75) is 19.8 Å². The Morgan fingerprint density at radius 1 is 1.29 bits per heavy atom. The van der Waals surface area contributed by atoms with Gasteiger partial charge in [0.25, 0.3) is 5.56 Å². The molecule has 0 aliphatic carbocycles. The third-order valence-corrected chi connectivity index (χ3v) is 3.25. The Morgan fingerprint density at radius 2 is 2.00 bits per heavy atom. The van der Waals surface area contributed by atoms with Gasteiger partial charge in [-0.2, -0.15) is 14.9 Å². The van der Waals surface area contributed by atoms with E-state index in [0.717, 1.165) is 0 Å². The summed E-state index contributed by atoms with van der Waals surface area (Å²) in [5.41, 5.74) is 2.38. The number of nitrogens with zero attached hydrogens (tertiary/aromatic N) is 5. The van der Waals surface area contributed by atoms with E-state index < -0.39 is 0 Å². The van der Waals surface area contributed by atoms with Gasteiger partial charge in [0.15, 0.2) is 5.65 Å². The van der Waals surface area contributed by atoms with Crippen molar-refractivity contribution in [2.24, 2.45) is 0 Å². The number of aromatic nitrogens is 5. The fourth-order valence-corrected chi connectivity index (χ4v) is 2.30. The van der Waals surface area contributed by atoms with E-state index in [2.05, 4.69) is 20.1 Å². The second-order valence-electron chi connectivity index (χ2n) is 4.93. The molecular formula is C14H12N6O. The van der Waals surface area contributed by atoms with E-state index in [9.17, 15) is 4.79 Å². The highest BCUT2D eigenvalue weighted by atomic mass is 16.1. The Bertz CT molecular complexity index is 901. The summed E-state index contributed by atoms with van der Waals surface area (Å²) < 4.78 is 1.22. The molecule has 0 fully saturated rings. The summed E-state index contributed by atoms with van der Waals surface area (Å²) in [5, 5.41) is 13.1. The third kappa shape index (κ3) is 1.97. The highest BCUT2D eigenvalue weighted by molar-refractivity contribution is 5.66. The van der Waals surface area contributed by atoms with Crippen LogP contribution < -0.4 is 5.56 Å². The molecule has 3 heterocycles. The van der Waals surface area contributed by atoms with Crippen molar-refractivity contribution in [2.75, 3.05) is 0 Å². The number of H-pyrrole nitrogens is 1. The van der Waals surface area contributed by atoms with Crippen LogP contribution in [0.2, 0.25) is 0 Å². The molecule has 0 aliphatic heterocycles. The lowest BCUT2D eigenvalue weighted by Gasteiger charge is -2.12. The molecule has 0 spiro atoms. The van der Waals surface area contributed by atoms with Crippen LogP contribution in [0.5, 0.6) is 0 Å². The predicted octanol–water partition coefficient (Wildman–Crippen LogP) is 1.47. The van der Waals surface area contributed by atoms with Gasteiger partial charge in [-0.3, -0.25) is 4.79 Å². The first kappa shape index (κ1) is 13.0. The molecule has 0 saturated heterocycles. The van der Waals surface area contributed by atoms with Crippen molar-refractivity contribution in [3.05, 3.63) is 46.4 Å². The van der Waals surface area contributed by atoms with Crippen molar-refractivity contribution in [1.82, 2.24) is 24.6 Å². The van der Waals surface area contributed by atoms with Crippen LogP contribution in [0.15, 0.2) is 29.7 Å². The monoisotopic (exact) mass is 280 g/mol. The lowest BCUT2D eigenvalue weighted by molar-refractivity contribution is 0.797. The minimum Gasteiger partial charge on any atom is -0.338 e. The Balaban J connectivity index is 2.45. The summed E-state index contributed by atoms with van der Waals surface area (Å²) in [6, 6.07) is 2.02. The maximum absolute atomic E-state index is 12.6. The van der Waals surface area contributed by atoms with E-state index in [4.69, 9.17) is 5.26 Å². The number of fused-ring (bicyclic) bond motifs is 1. The van der Waals surface area contributed by atoms with Crippen molar-refractivity contribution >= 4 is 5.65 Å². The molecule has 0 aromatic carbocycles. The lowest BCUT2D eigenvalue weighted by atomic mass is 10.00. The molecule has 1 N–H and O–H groups in total. The summed E-state index contributed by atoms with van der Waals surface area (Å²) in [6.45, 7) is 3.86. The minimum atomic E-state index is -0.237. The molecule has 0 bridgehead atoms. The first-order chi connectivity index (χ1) is 10.1. The van der Waals surface area contributed by atoms with Gasteiger partial charge >= 0.3 is 0 Å². The second kappa shape index (κ2) is 4.83. The number of hydrogen-bond acceptors (Lipinski definition) is 5. The average Bonchev–Trinajstić information content (AvgIpc) is 2.91. The van der Waals surface area contributed by atoms with Crippen molar-refractivity contribution in [1.29, 1.82) is 5.26 Å². The largest absolute Gasteiger partial charge is 0.338 e. The maximum Gasteiger partial charge on any atom is 0.278 e. The predicted molar refractivity (Wildman–Crippen MR) is 75.6 cm³/mol. The fraction of sp³-hybridized carbons (Fsp3) is 0.214. The fourth-order valence-electron chi connectivity index (χ4n) is 2.30. The van der Waals surface area contributed by atoms with Crippen LogP contribution in [0.1, 0.15) is 30.9 Å². The molecule has 0 unspecified atom stereocenters. The van der Waals surface area contributed by atoms with Crippen LogP contribution in [0, 0.1) is 11.3 Å². The highest BCUT2D eigenvalue weighted by Crippen LogP contribution is 2.24. The highest BCUT2D eigenvalue weighted by Gasteiger charge is 2.19. The van der Waals surface area contributed by atoms with Crippen LogP contribution in [0.3, 0.4) is 0 Å². The van der Waals surface area contributed by atoms with Crippen LogP contribution in [0.25, 0.3) is 16.9 Å². The Kier molecular flexibility index (Phi) is 2.99. The summed E-state index contributed by atoms with van der Waals surface area (Å²) in [7, 11) is 0. The van der Waals surface area contributed by atoms with Gasteiger partial charge in [0.2, 0.25) is 0 Å². The van der Waals surface area contributed by atoms with Crippen molar-refractivity contribution in [3.8, 4) is 17.3 Å². The van der Waals surface area contributed by atoms with Gasteiger partial charge in [-0.05, 0) is 5.92 Å². The Hall–Kier alpha value is -3.01. The molecule has 7 heteroatoms. The van der Waals surface area contributed by atoms with E-state index >= 15 is 0 Å². The maximum atomic E-state index is 12.6. The second-order valence-corrected chi connectivity index (χ2v) is 4.93. The van der Waals surface area contributed by atoms with Crippen LogP contribution in [-0.2, 0) is 0 Å². The third-order valence-electron chi connectivity index (χ3n) is 3.25. The zero-order chi connectivity index (χ0) is 15.0. The average molecular weight is 280 g/mol. The summed E-state index contributed by atoms with van der Waals surface area (Å²) >= 11 is 0. The molecular weight excluding hydrogens is 268 g/mol. The number of nitrogens with one attached hydrogen (secondary N) is 1. The standard InChI is InChI=1S/C14H12N6O/c1-8(2)11-12(10-4-16-7-17-5-10)19-13-9(3-15)6-18-20(13)14(11)21/h4-8,19H,1-2H3. The van der Waals surface area contributed by atoms with E-state index in [-0.39, 0.29) is 11.5 Å². The van der Waals surface area contributed by atoms with E-state index in [0.29, 0.717) is 28.0 Å². The van der Waals surface area contributed by atoms with Crippen LogP contribution in [0.4, 0.5) is 0 Å². The molecule has 0 aliphatic rings. The van der Waals surface area contributed by atoms with Gasteiger partial charge in [0, 0.05) is 23.5 Å². The first-order valence-corrected chi connectivity index (χ1v) is 6.43. The quantitative estimate of drug-likeness (QED) is 0.766. The van der Waals surface area contributed by atoms with Gasteiger partial charge in [-0.1, -0.05) is 13.8 Å². The molecule has 0 amide bonds. The number of aromatic amines is 1. The molecule has 3 aromatic rings. The molecule has 3 aromatic heterocycles. The number of nitriles is 1. The number of rotatable bonds is 2. The first-order valence-electron chi connectivity index (χ1n) is 6.43. The molecule has 0 saturated carbocycles. The van der Waals surface area contributed by atoms with Crippen molar-refractivity contribution < 1.29 is 0 Å². The van der Waals surface area contributed by atoms with E-state index in [1.54, 1.807) is 12.4 Å². The van der Waals surface area contributed by atoms with Crippen LogP contribution in [-0.4, -0.2) is 24.6 Å². The summed E-state index contributed by atoms with van der Waals surface area (Å²) in [4.78, 5) is 23.7. The molecule has 104 valence electrons. The number of hydrogen-bond donors (Lipinski definition) is 1. The summed E-state index contributed by atoms with van der Waals surface area (Å²) in [6.07, 6.45) is 6.06. The van der Waals surface area contributed by atoms with Gasteiger partial charge in [-0.25, -0.2) is 9.97 Å². The van der Waals surface area contributed by atoms with Gasteiger partial charge in [-0.15, -0.1) is 0 Å². The Labute approximate surface area is 119 Å². The minimum absolute atomic E-state index is 0.0110. The van der Waals surface area contributed by atoms with Gasteiger partial charge in [0.05, 0.1) is 11.9 Å². The molecule has 21 heavy (non-hydrogen) atoms. The smallest absolute Gasteiger partial charge is 0.278 e. The zero-order valence-corrected chi connectivity index (χ0v) is 11.5. The van der Waals surface area contributed by atoms with Crippen LogP contribution >= 0.6 is 0 Å². The topological polar surface area (TPSA) is 99.7 Å². The van der Waals surface area contributed by atoms with E-state index in [1.807, 2.05) is 19.9 Å². The van der Waals surface area contributed by atoms with Crippen molar-refractivity contribution in [3.63, 3.8) is 0 Å². The SMILES string of the molecule is CC(C)c1c(-c2cncnc2)[nH]c2c(C#N)cnn2c1=O. The molecule has 0 radical (unpaired) electrons. The Morgan fingerprint density at radius 3 is 2.62 bits per heavy atom. The molecule has 3 rings (SSSR count). The normalized spacial score (nSPS) is 11.0. The zero-order valence-electron chi connectivity index (χ0n) is 11.5. The summed E-state index contributed by atoms with van der Waals surface area (Å²) in [5.74, 6) is -0.0110. The van der Waals surface area contributed by atoms with Gasteiger partial charge in [0.1, 0.15) is 18.0 Å².